The van der Waals surface area contributed by atoms with Crippen LogP contribution < -0.4 is 24.8 Å². The number of hydrogen-bond donors (Lipinski definition) is 2. The van der Waals surface area contributed by atoms with Gasteiger partial charge in [-0.1, -0.05) is 18.2 Å². The highest BCUT2D eigenvalue weighted by Gasteiger charge is 2.11. The summed E-state index contributed by atoms with van der Waals surface area (Å²) < 4.78 is 17.0. The van der Waals surface area contributed by atoms with Gasteiger partial charge in [-0.15, -0.1) is 0 Å². The maximum absolute atomic E-state index is 12.4. The van der Waals surface area contributed by atoms with Crippen LogP contribution in [0.5, 0.6) is 17.2 Å². The van der Waals surface area contributed by atoms with Crippen LogP contribution in [-0.2, 0) is 11.3 Å². The molecule has 174 valence electrons. The number of nitrogens with one attached hydrogen (secondary N) is 2. The number of aryl methyl sites for hydroxylation is 2. The molecule has 0 spiro atoms. The van der Waals surface area contributed by atoms with Crippen molar-refractivity contribution in [2.24, 2.45) is 0 Å². The van der Waals surface area contributed by atoms with Gasteiger partial charge in [-0.05, 0) is 86.8 Å². The van der Waals surface area contributed by atoms with Crippen molar-refractivity contribution in [3.05, 3.63) is 77.4 Å². The molecule has 3 aromatic carbocycles. The van der Waals surface area contributed by atoms with Gasteiger partial charge >= 0.3 is 0 Å². The molecule has 0 aliphatic heterocycles. The van der Waals surface area contributed by atoms with Crippen LogP contribution in [0.15, 0.2) is 60.7 Å². The zero-order chi connectivity index (χ0) is 23.6. The van der Waals surface area contributed by atoms with Gasteiger partial charge in [0.15, 0.2) is 18.1 Å². The van der Waals surface area contributed by atoms with Crippen molar-refractivity contribution in [1.29, 1.82) is 0 Å². The van der Waals surface area contributed by atoms with Crippen LogP contribution in [0.2, 0.25) is 0 Å². The molecule has 3 aromatic rings. The van der Waals surface area contributed by atoms with Gasteiger partial charge in [0.25, 0.3) is 5.91 Å². The summed E-state index contributed by atoms with van der Waals surface area (Å²) in [5.41, 5.74) is 4.93. The minimum Gasteiger partial charge on any atom is -0.494 e. The average Bonchev–Trinajstić information content (AvgIpc) is 2.81. The van der Waals surface area contributed by atoms with Gasteiger partial charge in [0.1, 0.15) is 5.75 Å². The maximum atomic E-state index is 12.4. The van der Waals surface area contributed by atoms with Gasteiger partial charge in [0.05, 0.1) is 13.2 Å². The van der Waals surface area contributed by atoms with Gasteiger partial charge in [0.2, 0.25) is 0 Å². The summed E-state index contributed by atoms with van der Waals surface area (Å²) in [5, 5.41) is 6.30. The lowest BCUT2D eigenvalue weighted by molar-refractivity contribution is -0.118. The normalized spacial score (nSPS) is 10.4. The predicted molar refractivity (Wildman–Crippen MR) is 133 cm³/mol. The monoisotopic (exact) mass is 448 g/mol. The van der Waals surface area contributed by atoms with Crippen LogP contribution in [0.25, 0.3) is 0 Å². The Morgan fingerprint density at radius 1 is 0.818 bits per heavy atom. The third-order valence-corrected chi connectivity index (χ3v) is 5.00. The molecule has 0 radical (unpaired) electrons. The molecular formula is C27H32N2O4. The van der Waals surface area contributed by atoms with E-state index in [2.05, 4.69) is 10.6 Å². The van der Waals surface area contributed by atoms with E-state index >= 15 is 0 Å². The lowest BCUT2D eigenvalue weighted by Crippen LogP contribution is -2.21. The highest BCUT2D eigenvalue weighted by atomic mass is 16.5. The lowest BCUT2D eigenvalue weighted by atomic mass is 10.1. The lowest BCUT2D eigenvalue weighted by Gasteiger charge is -2.15. The van der Waals surface area contributed by atoms with Crippen molar-refractivity contribution in [2.75, 3.05) is 30.5 Å². The fourth-order valence-corrected chi connectivity index (χ4v) is 3.29. The summed E-state index contributed by atoms with van der Waals surface area (Å²) in [6.07, 6.45) is 0. The van der Waals surface area contributed by atoms with Crippen molar-refractivity contribution < 1.29 is 19.0 Å². The molecule has 6 nitrogen and oxygen atoms in total. The number of benzene rings is 3. The van der Waals surface area contributed by atoms with Crippen molar-refractivity contribution in [2.45, 2.75) is 34.2 Å². The Bertz CT molecular complexity index is 1060. The smallest absolute Gasteiger partial charge is 0.262 e. The topological polar surface area (TPSA) is 68.8 Å². The van der Waals surface area contributed by atoms with E-state index in [9.17, 15) is 4.79 Å². The van der Waals surface area contributed by atoms with Crippen molar-refractivity contribution >= 4 is 17.3 Å². The number of carbonyl (C=O) groups is 1. The second-order valence-electron chi connectivity index (χ2n) is 7.68. The summed E-state index contributed by atoms with van der Waals surface area (Å²) in [7, 11) is 0. The number of ether oxygens (including phenoxy) is 3. The number of anilines is 2. The fraction of sp³-hybridized carbons (Fsp3) is 0.296. The molecule has 1 amide bonds. The summed E-state index contributed by atoms with van der Waals surface area (Å²) in [6.45, 7) is 9.51. The van der Waals surface area contributed by atoms with E-state index in [4.69, 9.17) is 14.2 Å². The summed E-state index contributed by atoms with van der Waals surface area (Å²) in [6, 6.07) is 19.5. The van der Waals surface area contributed by atoms with E-state index in [0.717, 1.165) is 33.8 Å². The molecule has 0 aromatic heterocycles. The van der Waals surface area contributed by atoms with Crippen molar-refractivity contribution in [1.82, 2.24) is 0 Å². The zero-order valence-corrected chi connectivity index (χ0v) is 19.7. The molecule has 0 heterocycles. The van der Waals surface area contributed by atoms with E-state index in [1.165, 1.54) is 0 Å². The van der Waals surface area contributed by atoms with Crippen molar-refractivity contribution in [3.63, 3.8) is 0 Å². The fourth-order valence-electron chi connectivity index (χ4n) is 3.29. The molecule has 2 N–H and O–H groups in total. The molecule has 0 unspecified atom stereocenters. The first-order chi connectivity index (χ1) is 16.0. The van der Waals surface area contributed by atoms with E-state index in [0.29, 0.717) is 31.3 Å². The quantitative estimate of drug-likeness (QED) is 0.392. The molecule has 0 bridgehead atoms. The van der Waals surface area contributed by atoms with E-state index in [1.54, 1.807) is 0 Å². The van der Waals surface area contributed by atoms with Gasteiger partial charge in [0, 0.05) is 17.9 Å². The molecule has 3 rings (SSSR count). The first kappa shape index (κ1) is 24.0. The standard InChI is InChI=1S/C27H32N2O4/c1-5-31-23-12-10-22(11-13-23)28-17-21-9-14-25(26(16-21)32-6-2)33-18-27(30)29-24-15-19(3)7-8-20(24)4/h7-16,28H,5-6,17-18H2,1-4H3,(H,29,30). The third kappa shape index (κ3) is 7.17. The van der Waals surface area contributed by atoms with Crippen LogP contribution in [-0.4, -0.2) is 25.7 Å². The van der Waals surface area contributed by atoms with E-state index in [1.807, 2.05) is 88.4 Å². The SMILES string of the molecule is CCOc1ccc(NCc2ccc(OCC(=O)Nc3cc(C)ccc3C)c(OCC)c2)cc1. The average molecular weight is 449 g/mol. The number of hydrogen-bond acceptors (Lipinski definition) is 5. The zero-order valence-electron chi connectivity index (χ0n) is 19.7. The molecule has 0 saturated heterocycles. The van der Waals surface area contributed by atoms with Crippen LogP contribution in [0.1, 0.15) is 30.5 Å². The molecule has 0 fully saturated rings. The Kier molecular flexibility index (Phi) is 8.58. The van der Waals surface area contributed by atoms with Crippen LogP contribution >= 0.6 is 0 Å². The number of rotatable bonds is 11. The first-order valence-electron chi connectivity index (χ1n) is 11.2. The number of carbonyl (C=O) groups excluding carboxylic acids is 1. The summed E-state index contributed by atoms with van der Waals surface area (Å²) >= 11 is 0. The highest BCUT2D eigenvalue weighted by molar-refractivity contribution is 5.92. The minimum absolute atomic E-state index is 0.1000. The van der Waals surface area contributed by atoms with Gasteiger partial charge in [-0.25, -0.2) is 0 Å². The van der Waals surface area contributed by atoms with Crippen LogP contribution in [0.4, 0.5) is 11.4 Å². The molecule has 0 saturated carbocycles. The second-order valence-corrected chi connectivity index (χ2v) is 7.68. The molecular weight excluding hydrogens is 416 g/mol. The number of amides is 1. The summed E-state index contributed by atoms with van der Waals surface area (Å²) in [4.78, 5) is 12.4. The van der Waals surface area contributed by atoms with Gasteiger partial charge in [-0.3, -0.25) is 4.79 Å². The van der Waals surface area contributed by atoms with Gasteiger partial charge < -0.3 is 24.8 Å². The predicted octanol–water partition coefficient (Wildman–Crippen LogP) is 5.73. The molecule has 6 heteroatoms. The minimum atomic E-state index is -0.215. The third-order valence-electron chi connectivity index (χ3n) is 5.00. The molecule has 0 aliphatic rings. The largest absolute Gasteiger partial charge is 0.494 e. The Morgan fingerprint density at radius 3 is 2.30 bits per heavy atom. The van der Waals surface area contributed by atoms with Crippen molar-refractivity contribution in [3.8, 4) is 17.2 Å². The summed E-state index contributed by atoms with van der Waals surface area (Å²) in [5.74, 6) is 1.79. The first-order valence-corrected chi connectivity index (χ1v) is 11.2. The van der Waals surface area contributed by atoms with Gasteiger partial charge in [-0.2, -0.15) is 0 Å². The second kappa shape index (κ2) is 11.8. The molecule has 0 atom stereocenters. The van der Waals surface area contributed by atoms with Crippen LogP contribution in [0.3, 0.4) is 0 Å². The van der Waals surface area contributed by atoms with E-state index in [-0.39, 0.29) is 12.5 Å². The molecule has 0 aliphatic carbocycles. The van der Waals surface area contributed by atoms with Crippen LogP contribution in [0, 0.1) is 13.8 Å². The Balaban J connectivity index is 1.59. The highest BCUT2D eigenvalue weighted by Crippen LogP contribution is 2.29. The Hall–Kier alpha value is -3.67. The maximum Gasteiger partial charge on any atom is 0.262 e. The Morgan fingerprint density at radius 2 is 1.58 bits per heavy atom. The Labute approximate surface area is 195 Å². The molecule has 33 heavy (non-hydrogen) atoms. The van der Waals surface area contributed by atoms with E-state index < -0.39 is 0 Å².